The topological polar surface area (TPSA) is 119 Å². The molecular weight excluding hydrogens is 384 g/mol. The predicted molar refractivity (Wildman–Crippen MR) is 105 cm³/mol. The van der Waals surface area contributed by atoms with Crippen LogP contribution in [0.5, 0.6) is 0 Å². The lowest BCUT2D eigenvalue weighted by atomic mass is 10.1. The zero-order valence-corrected chi connectivity index (χ0v) is 16.9. The van der Waals surface area contributed by atoms with Crippen molar-refractivity contribution < 1.29 is 19.1 Å². The van der Waals surface area contributed by atoms with Gasteiger partial charge in [0.1, 0.15) is 6.54 Å². The van der Waals surface area contributed by atoms with Crippen molar-refractivity contribution in [1.82, 2.24) is 20.2 Å². The Balaban J connectivity index is 2.22. The molecule has 2 rings (SSSR count). The van der Waals surface area contributed by atoms with Crippen LogP contribution < -0.4 is 16.2 Å². The first-order valence-corrected chi connectivity index (χ1v) is 9.40. The van der Waals surface area contributed by atoms with Crippen LogP contribution in [0.25, 0.3) is 10.9 Å². The first-order valence-electron chi connectivity index (χ1n) is 8.42. The van der Waals surface area contributed by atoms with E-state index in [1.807, 2.05) is 0 Å². The fourth-order valence-corrected chi connectivity index (χ4v) is 3.05. The summed E-state index contributed by atoms with van der Waals surface area (Å²) in [6.45, 7) is 5.03. The Labute approximate surface area is 165 Å². The van der Waals surface area contributed by atoms with Crippen LogP contribution in [0.2, 0.25) is 0 Å². The minimum absolute atomic E-state index is 0.163. The minimum Gasteiger partial charge on any atom is -0.468 e. The maximum atomic E-state index is 12.7. The van der Waals surface area contributed by atoms with Crippen LogP contribution >= 0.6 is 11.8 Å². The van der Waals surface area contributed by atoms with E-state index in [0.717, 1.165) is 16.3 Å². The highest BCUT2D eigenvalue weighted by Crippen LogP contribution is 2.17. The lowest BCUT2D eigenvalue weighted by Crippen LogP contribution is -2.48. The Hall–Kier alpha value is -2.88. The van der Waals surface area contributed by atoms with Gasteiger partial charge >= 0.3 is 12.0 Å². The van der Waals surface area contributed by atoms with Gasteiger partial charge in [-0.3, -0.25) is 24.3 Å². The number of urea groups is 1. The summed E-state index contributed by atoms with van der Waals surface area (Å²) in [5.74, 6) is -1.34. The van der Waals surface area contributed by atoms with Crippen LogP contribution in [0.3, 0.4) is 0 Å². The number of thioether (sulfide) groups is 1. The molecular formula is C18H22N4O5S. The van der Waals surface area contributed by atoms with Gasteiger partial charge in [-0.2, -0.15) is 0 Å². The summed E-state index contributed by atoms with van der Waals surface area (Å²) in [6.07, 6.45) is 0. The zero-order valence-electron chi connectivity index (χ0n) is 16.1. The number of carbonyl (C=O) groups excluding carboxylic acids is 3. The van der Waals surface area contributed by atoms with Crippen molar-refractivity contribution >= 4 is 40.6 Å². The van der Waals surface area contributed by atoms with E-state index in [4.69, 9.17) is 0 Å². The minimum atomic E-state index is -0.616. The number of aromatic nitrogens is 2. The summed E-state index contributed by atoms with van der Waals surface area (Å²) >= 11 is 0.949. The SMILES string of the molecule is COC(=O)Cn1c(SCC(=O)NC(=O)NC(C)(C)C)nc2ccccc2c1=O. The van der Waals surface area contributed by atoms with Gasteiger partial charge in [0.15, 0.2) is 5.16 Å². The second kappa shape index (κ2) is 8.87. The quantitative estimate of drug-likeness (QED) is 0.436. The van der Waals surface area contributed by atoms with Gasteiger partial charge in [0.05, 0.1) is 23.8 Å². The van der Waals surface area contributed by atoms with Gasteiger partial charge in [-0.05, 0) is 32.9 Å². The van der Waals surface area contributed by atoms with Gasteiger partial charge in [-0.25, -0.2) is 9.78 Å². The molecule has 1 heterocycles. The molecule has 0 atom stereocenters. The molecule has 3 amide bonds. The molecule has 1 aromatic carbocycles. The Bertz CT molecular complexity index is 965. The highest BCUT2D eigenvalue weighted by atomic mass is 32.2. The van der Waals surface area contributed by atoms with E-state index in [9.17, 15) is 19.2 Å². The van der Waals surface area contributed by atoms with Crippen LogP contribution in [0, 0.1) is 0 Å². The number of hydrogen-bond acceptors (Lipinski definition) is 7. The molecule has 0 radical (unpaired) electrons. The number of nitrogens with zero attached hydrogens (tertiary/aromatic N) is 2. The smallest absolute Gasteiger partial charge is 0.325 e. The number of para-hydroxylation sites is 1. The Kier molecular flexibility index (Phi) is 6.79. The van der Waals surface area contributed by atoms with Crippen molar-refractivity contribution in [2.45, 2.75) is 38.0 Å². The molecule has 0 saturated carbocycles. The Morgan fingerprint density at radius 3 is 2.54 bits per heavy atom. The van der Waals surface area contributed by atoms with E-state index in [0.29, 0.717) is 10.9 Å². The molecule has 0 aliphatic rings. The van der Waals surface area contributed by atoms with Crippen LogP contribution in [-0.2, 0) is 20.9 Å². The third-order valence-electron chi connectivity index (χ3n) is 3.42. The van der Waals surface area contributed by atoms with Crippen molar-refractivity contribution in [3.05, 3.63) is 34.6 Å². The molecule has 150 valence electrons. The van der Waals surface area contributed by atoms with E-state index in [2.05, 4.69) is 20.4 Å². The highest BCUT2D eigenvalue weighted by molar-refractivity contribution is 7.99. The number of hydrogen-bond donors (Lipinski definition) is 2. The van der Waals surface area contributed by atoms with E-state index in [1.54, 1.807) is 45.0 Å². The molecule has 0 aliphatic carbocycles. The highest BCUT2D eigenvalue weighted by Gasteiger charge is 2.18. The molecule has 0 saturated heterocycles. The lowest BCUT2D eigenvalue weighted by molar-refractivity contribution is -0.141. The van der Waals surface area contributed by atoms with Crippen LogP contribution in [0.1, 0.15) is 20.8 Å². The summed E-state index contributed by atoms with van der Waals surface area (Å²) in [7, 11) is 1.22. The lowest BCUT2D eigenvalue weighted by Gasteiger charge is -2.20. The normalized spacial score (nSPS) is 11.1. The molecule has 0 aliphatic heterocycles. The van der Waals surface area contributed by atoms with E-state index < -0.39 is 29.0 Å². The summed E-state index contributed by atoms with van der Waals surface area (Å²) in [6, 6.07) is 6.09. The molecule has 9 nitrogen and oxygen atoms in total. The van der Waals surface area contributed by atoms with Crippen molar-refractivity contribution in [1.29, 1.82) is 0 Å². The second-order valence-electron chi connectivity index (χ2n) is 6.92. The number of methoxy groups -OCH3 is 1. The van der Waals surface area contributed by atoms with E-state index in [1.165, 1.54) is 7.11 Å². The molecule has 1 aromatic heterocycles. The number of fused-ring (bicyclic) bond motifs is 1. The van der Waals surface area contributed by atoms with Crippen molar-refractivity contribution in [2.24, 2.45) is 0 Å². The van der Waals surface area contributed by atoms with E-state index >= 15 is 0 Å². The van der Waals surface area contributed by atoms with Crippen molar-refractivity contribution in [2.75, 3.05) is 12.9 Å². The van der Waals surface area contributed by atoms with Crippen LogP contribution in [0.15, 0.2) is 34.2 Å². The molecule has 0 bridgehead atoms. The third-order valence-corrected chi connectivity index (χ3v) is 4.39. The van der Waals surface area contributed by atoms with Gasteiger partial charge in [0, 0.05) is 5.54 Å². The summed E-state index contributed by atoms with van der Waals surface area (Å²) in [5.41, 5.74) is -0.454. The Morgan fingerprint density at radius 1 is 1.21 bits per heavy atom. The average Bonchev–Trinajstić information content (AvgIpc) is 2.60. The number of amides is 3. The van der Waals surface area contributed by atoms with Crippen LogP contribution in [0.4, 0.5) is 4.79 Å². The maximum Gasteiger partial charge on any atom is 0.325 e. The standard InChI is InChI=1S/C18H22N4O5S/c1-18(2,3)21-16(26)20-13(23)10-28-17-19-12-8-6-5-7-11(12)15(25)22(17)9-14(24)27-4/h5-8H,9-10H2,1-4H3,(H2,20,21,23,26). The predicted octanol–water partition coefficient (Wildman–Crippen LogP) is 1.29. The van der Waals surface area contributed by atoms with Crippen molar-refractivity contribution in [3.8, 4) is 0 Å². The number of benzene rings is 1. The third kappa shape index (κ3) is 5.81. The number of ether oxygens (including phenoxy) is 1. The largest absolute Gasteiger partial charge is 0.468 e. The number of esters is 1. The number of imide groups is 1. The molecule has 0 unspecified atom stereocenters. The summed E-state index contributed by atoms with van der Waals surface area (Å²) in [5, 5.41) is 5.36. The van der Waals surface area contributed by atoms with E-state index in [-0.39, 0.29) is 17.5 Å². The number of rotatable bonds is 5. The molecule has 2 aromatic rings. The molecule has 10 heteroatoms. The van der Waals surface area contributed by atoms with Gasteiger partial charge < -0.3 is 10.1 Å². The summed E-state index contributed by atoms with van der Waals surface area (Å²) in [4.78, 5) is 52.6. The second-order valence-corrected chi connectivity index (χ2v) is 7.86. The number of carbonyl (C=O) groups is 3. The molecule has 28 heavy (non-hydrogen) atoms. The van der Waals surface area contributed by atoms with Gasteiger partial charge in [-0.1, -0.05) is 23.9 Å². The van der Waals surface area contributed by atoms with Gasteiger partial charge in [-0.15, -0.1) is 0 Å². The maximum absolute atomic E-state index is 12.7. The van der Waals surface area contributed by atoms with Gasteiger partial charge in [0.25, 0.3) is 5.56 Å². The molecule has 0 spiro atoms. The number of nitrogens with one attached hydrogen (secondary N) is 2. The van der Waals surface area contributed by atoms with Crippen LogP contribution in [-0.4, -0.2) is 45.9 Å². The molecule has 2 N–H and O–H groups in total. The zero-order chi connectivity index (χ0) is 20.9. The molecule has 0 fully saturated rings. The summed E-state index contributed by atoms with van der Waals surface area (Å²) < 4.78 is 5.79. The Morgan fingerprint density at radius 2 is 1.89 bits per heavy atom. The van der Waals surface area contributed by atoms with Gasteiger partial charge in [0.2, 0.25) is 5.91 Å². The fourth-order valence-electron chi connectivity index (χ4n) is 2.26. The fraction of sp³-hybridized carbons (Fsp3) is 0.389. The first-order chi connectivity index (χ1) is 13.1. The van der Waals surface area contributed by atoms with Crippen molar-refractivity contribution in [3.63, 3.8) is 0 Å². The monoisotopic (exact) mass is 406 g/mol. The first kappa shape index (κ1) is 21.4. The average molecular weight is 406 g/mol.